The molecular weight excluding hydrogens is 358 g/mol. The van der Waals surface area contributed by atoms with E-state index in [9.17, 15) is 13.2 Å². The molecule has 0 aromatic rings. The summed E-state index contributed by atoms with van der Waals surface area (Å²) in [6, 6.07) is -0.102. The van der Waals surface area contributed by atoms with Gasteiger partial charge < -0.3 is 4.74 Å². The van der Waals surface area contributed by atoms with E-state index in [2.05, 4.69) is 0 Å². The van der Waals surface area contributed by atoms with Crippen LogP contribution in [0.5, 0.6) is 0 Å². The highest BCUT2D eigenvalue weighted by molar-refractivity contribution is 8.03. The summed E-state index contributed by atoms with van der Waals surface area (Å²) in [6.45, 7) is 1.59. The van der Waals surface area contributed by atoms with E-state index in [0.717, 1.165) is 25.7 Å². The van der Waals surface area contributed by atoms with Crippen LogP contribution >= 0.6 is 23.4 Å². The van der Waals surface area contributed by atoms with E-state index in [1.807, 2.05) is 0 Å². The normalized spacial score (nSPS) is 43.7. The van der Waals surface area contributed by atoms with E-state index >= 15 is 0 Å². The molecule has 8 heteroatoms. The summed E-state index contributed by atoms with van der Waals surface area (Å²) in [7, 11) is -3.27. The van der Waals surface area contributed by atoms with Gasteiger partial charge in [-0.2, -0.15) is 4.31 Å². The lowest BCUT2D eigenvalue weighted by Crippen LogP contribution is -2.51. The third-order valence-electron chi connectivity index (χ3n) is 5.68. The van der Waals surface area contributed by atoms with Crippen molar-refractivity contribution in [3.63, 3.8) is 0 Å². The number of hydrogen-bond acceptors (Lipinski definition) is 5. The summed E-state index contributed by atoms with van der Waals surface area (Å²) in [5.74, 6) is -0.436. The number of carbonyl (C=O) groups is 1. The average Bonchev–Trinajstić information content (AvgIpc) is 3.11. The molecule has 23 heavy (non-hydrogen) atoms. The van der Waals surface area contributed by atoms with Crippen molar-refractivity contribution >= 4 is 39.4 Å². The van der Waals surface area contributed by atoms with Gasteiger partial charge in [0.15, 0.2) is 0 Å². The summed E-state index contributed by atoms with van der Waals surface area (Å²) in [4.78, 5) is 12.0. The Morgan fingerprint density at radius 2 is 2.00 bits per heavy atom. The van der Waals surface area contributed by atoms with Gasteiger partial charge in [-0.1, -0.05) is 19.3 Å². The van der Waals surface area contributed by atoms with Crippen LogP contribution in [0.4, 0.5) is 0 Å². The molecule has 4 aliphatic rings. The van der Waals surface area contributed by atoms with Gasteiger partial charge in [0.2, 0.25) is 10.0 Å². The summed E-state index contributed by atoms with van der Waals surface area (Å²) >= 11 is 7.54. The van der Waals surface area contributed by atoms with Crippen molar-refractivity contribution in [2.75, 3.05) is 0 Å². The lowest BCUT2D eigenvalue weighted by atomic mass is 9.89. The molecule has 4 fully saturated rings. The first-order valence-electron chi connectivity index (χ1n) is 8.43. The molecule has 6 atom stereocenters. The van der Waals surface area contributed by atoms with Gasteiger partial charge in [0, 0.05) is 16.5 Å². The number of halogens is 1. The maximum atomic E-state index is 13.0. The largest absolute Gasteiger partial charge is 0.458 e. The molecule has 0 aromatic carbocycles. The van der Waals surface area contributed by atoms with Gasteiger partial charge in [-0.05, 0) is 26.2 Å². The molecule has 0 aromatic heterocycles. The Hall–Kier alpha value is 0.0200. The number of nitrogens with zero attached hydrogens (tertiary/aromatic N) is 1. The zero-order chi connectivity index (χ0) is 16.4. The SMILES string of the molecule is CC(Cl)C(=O)OC1C2CC3C(S2)C1N(C1CCCCC1)S3(=O)=O. The number of fused-ring (bicyclic) bond motifs is 1. The quantitative estimate of drug-likeness (QED) is 0.555. The number of sulfonamides is 1. The van der Waals surface area contributed by atoms with E-state index in [-0.39, 0.29) is 33.9 Å². The highest BCUT2D eigenvalue weighted by Gasteiger charge is 2.69. The molecule has 3 aliphatic heterocycles. The number of thioether (sulfide) groups is 1. The van der Waals surface area contributed by atoms with Gasteiger partial charge in [0.05, 0.1) is 11.3 Å². The molecule has 1 saturated carbocycles. The van der Waals surface area contributed by atoms with Crippen LogP contribution in [-0.2, 0) is 19.6 Å². The Kier molecular flexibility index (Phi) is 4.14. The molecule has 0 amide bonds. The minimum atomic E-state index is -3.27. The molecule has 130 valence electrons. The zero-order valence-corrected chi connectivity index (χ0v) is 15.4. The highest BCUT2D eigenvalue weighted by atomic mass is 35.5. The molecule has 4 rings (SSSR count). The summed E-state index contributed by atoms with van der Waals surface area (Å²) < 4.78 is 33.4. The lowest BCUT2D eigenvalue weighted by Gasteiger charge is -2.36. The van der Waals surface area contributed by atoms with Gasteiger partial charge in [-0.15, -0.1) is 23.4 Å². The van der Waals surface area contributed by atoms with Crippen LogP contribution in [0, 0.1) is 0 Å². The van der Waals surface area contributed by atoms with Crippen LogP contribution in [0.25, 0.3) is 0 Å². The van der Waals surface area contributed by atoms with Crippen molar-refractivity contribution in [2.24, 2.45) is 0 Å². The highest BCUT2D eigenvalue weighted by Crippen LogP contribution is 2.58. The monoisotopic (exact) mass is 379 g/mol. The van der Waals surface area contributed by atoms with Gasteiger partial charge in [-0.3, -0.25) is 4.79 Å². The van der Waals surface area contributed by atoms with Gasteiger partial charge >= 0.3 is 5.97 Å². The van der Waals surface area contributed by atoms with Gasteiger partial charge in [0.25, 0.3) is 0 Å². The standard InChI is InChI=1S/C15H22ClNO4S2/c1-8(16)15(18)21-13-10-7-11-14(22-10)12(13)17(23(11,19)20)9-5-3-2-4-6-9/h8-14H,2-7H2,1H3. The maximum Gasteiger partial charge on any atom is 0.324 e. The number of esters is 1. The third kappa shape index (κ3) is 2.45. The molecule has 3 heterocycles. The van der Waals surface area contributed by atoms with E-state index in [0.29, 0.717) is 6.42 Å². The fraction of sp³-hybridized carbons (Fsp3) is 0.933. The Labute approximate surface area is 146 Å². The third-order valence-corrected chi connectivity index (χ3v) is 10.1. The number of carbonyl (C=O) groups excluding carboxylic acids is 1. The van der Waals surface area contributed by atoms with Crippen molar-refractivity contribution in [2.45, 2.75) is 84.8 Å². The second-order valence-corrected chi connectivity index (χ2v) is 11.2. The topological polar surface area (TPSA) is 63.7 Å². The molecule has 0 radical (unpaired) electrons. The maximum absolute atomic E-state index is 13.0. The van der Waals surface area contributed by atoms with Crippen LogP contribution in [0.3, 0.4) is 0 Å². The predicted octanol–water partition coefficient (Wildman–Crippen LogP) is 2.13. The number of ether oxygens (including phenoxy) is 1. The van der Waals surface area contributed by atoms with Crippen LogP contribution in [0.2, 0.25) is 0 Å². The molecule has 2 bridgehead atoms. The van der Waals surface area contributed by atoms with Gasteiger partial charge in [0.1, 0.15) is 11.5 Å². The minimum absolute atomic E-state index is 0.0513. The molecular formula is C15H22ClNO4S2. The second kappa shape index (κ2) is 5.78. The Balaban J connectivity index is 1.64. The zero-order valence-electron chi connectivity index (χ0n) is 13.1. The molecule has 0 spiro atoms. The summed E-state index contributed by atoms with van der Waals surface area (Å²) in [5.41, 5.74) is 0. The lowest BCUT2D eigenvalue weighted by molar-refractivity contribution is -0.151. The van der Waals surface area contributed by atoms with Crippen molar-refractivity contribution in [3.8, 4) is 0 Å². The van der Waals surface area contributed by atoms with Gasteiger partial charge in [-0.25, -0.2) is 8.42 Å². The van der Waals surface area contributed by atoms with Crippen molar-refractivity contribution in [1.82, 2.24) is 4.31 Å². The minimum Gasteiger partial charge on any atom is -0.458 e. The number of rotatable bonds is 3. The van der Waals surface area contributed by atoms with Crippen LogP contribution in [-0.4, -0.2) is 58.0 Å². The molecule has 3 saturated heterocycles. The van der Waals surface area contributed by atoms with E-state index in [1.54, 1.807) is 23.0 Å². The second-order valence-electron chi connectivity index (χ2n) is 7.09. The van der Waals surface area contributed by atoms with Crippen LogP contribution < -0.4 is 0 Å². The van der Waals surface area contributed by atoms with Crippen molar-refractivity contribution in [3.05, 3.63) is 0 Å². The predicted molar refractivity (Wildman–Crippen MR) is 90.2 cm³/mol. The Morgan fingerprint density at radius 1 is 1.30 bits per heavy atom. The van der Waals surface area contributed by atoms with E-state index in [1.165, 1.54) is 6.42 Å². The van der Waals surface area contributed by atoms with Crippen LogP contribution in [0.1, 0.15) is 45.4 Å². The van der Waals surface area contributed by atoms with Crippen molar-refractivity contribution in [1.29, 1.82) is 0 Å². The molecule has 0 N–H and O–H groups in total. The first-order chi connectivity index (χ1) is 10.9. The Bertz CT molecular complexity index is 605. The number of hydrogen-bond donors (Lipinski definition) is 0. The molecule has 1 aliphatic carbocycles. The van der Waals surface area contributed by atoms with Crippen LogP contribution in [0.15, 0.2) is 0 Å². The Morgan fingerprint density at radius 3 is 2.65 bits per heavy atom. The number of alkyl halides is 1. The smallest absolute Gasteiger partial charge is 0.324 e. The average molecular weight is 380 g/mol. The first-order valence-corrected chi connectivity index (χ1v) is 11.3. The van der Waals surface area contributed by atoms with Crippen molar-refractivity contribution < 1.29 is 17.9 Å². The van der Waals surface area contributed by atoms with E-state index in [4.69, 9.17) is 16.3 Å². The fourth-order valence-electron chi connectivity index (χ4n) is 4.69. The first kappa shape index (κ1) is 16.5. The van der Waals surface area contributed by atoms with E-state index < -0.39 is 21.4 Å². The fourth-order valence-corrected chi connectivity index (χ4v) is 9.86. The summed E-state index contributed by atoms with van der Waals surface area (Å²) in [5, 5.41) is -0.836. The molecule has 5 nitrogen and oxygen atoms in total. The summed E-state index contributed by atoms with van der Waals surface area (Å²) in [6.07, 6.45) is 5.47. The molecule has 6 unspecified atom stereocenters.